The largest absolute Gasteiger partial charge is 0.381 e. The molecule has 1 rings (SSSR count). The molecule has 60 valence electrons. The summed E-state index contributed by atoms with van der Waals surface area (Å²) in [6.45, 7) is 0.927. The summed E-state index contributed by atoms with van der Waals surface area (Å²) in [7, 11) is 0. The van der Waals surface area contributed by atoms with E-state index in [1.807, 2.05) is 0 Å². The van der Waals surface area contributed by atoms with Crippen LogP contribution >= 0.6 is 0 Å². The van der Waals surface area contributed by atoms with E-state index in [0.717, 1.165) is 0 Å². The second kappa shape index (κ2) is 3.27. The van der Waals surface area contributed by atoms with Gasteiger partial charge in [-0.2, -0.15) is 0 Å². The minimum Gasteiger partial charge on any atom is -0.381 e. The lowest BCUT2D eigenvalue weighted by Crippen LogP contribution is -2.37. The molecule has 1 fully saturated rings. The van der Waals surface area contributed by atoms with E-state index in [-0.39, 0.29) is 6.61 Å². The Bertz CT molecular complexity index is 98.4. The van der Waals surface area contributed by atoms with Crippen molar-refractivity contribution < 1.29 is 14.0 Å². The number of ether oxygens (including phenoxy) is 1. The first-order valence-corrected chi connectivity index (χ1v) is 3.35. The van der Waals surface area contributed by atoms with Gasteiger partial charge in [0, 0.05) is 26.1 Å². The van der Waals surface area contributed by atoms with E-state index >= 15 is 0 Å². The van der Waals surface area contributed by atoms with Crippen molar-refractivity contribution in [2.75, 3.05) is 19.8 Å². The van der Waals surface area contributed by atoms with E-state index in [9.17, 15) is 4.39 Å². The van der Waals surface area contributed by atoms with E-state index < -0.39 is 5.67 Å². The molecule has 0 amide bonds. The molecule has 0 bridgehead atoms. The summed E-state index contributed by atoms with van der Waals surface area (Å²) in [6, 6.07) is 0. The molecule has 1 heterocycles. The van der Waals surface area contributed by atoms with Gasteiger partial charge in [0.1, 0.15) is 12.3 Å². The van der Waals surface area contributed by atoms with Crippen molar-refractivity contribution in [2.45, 2.75) is 18.5 Å². The third-order valence-corrected chi connectivity index (χ3v) is 1.73. The summed E-state index contributed by atoms with van der Waals surface area (Å²) in [5.41, 5.74) is -1.24. The van der Waals surface area contributed by atoms with Crippen LogP contribution in [0.5, 0.6) is 0 Å². The van der Waals surface area contributed by atoms with Crippen LogP contribution in [-0.4, -0.2) is 25.5 Å². The maximum Gasteiger partial charge on any atom is 0.140 e. The van der Waals surface area contributed by atoms with E-state index in [2.05, 4.69) is 4.84 Å². The molecule has 0 saturated carbocycles. The minimum atomic E-state index is -1.24. The van der Waals surface area contributed by atoms with E-state index in [0.29, 0.717) is 26.1 Å². The molecule has 3 nitrogen and oxygen atoms in total. The summed E-state index contributed by atoms with van der Waals surface area (Å²) in [6.07, 6.45) is 0.786. The first kappa shape index (κ1) is 7.91. The van der Waals surface area contributed by atoms with Crippen LogP contribution in [0.1, 0.15) is 12.8 Å². The third kappa shape index (κ3) is 1.90. The Morgan fingerprint density at radius 3 is 2.60 bits per heavy atom. The van der Waals surface area contributed by atoms with Gasteiger partial charge in [-0.3, -0.25) is 0 Å². The van der Waals surface area contributed by atoms with Crippen LogP contribution in [0.25, 0.3) is 0 Å². The van der Waals surface area contributed by atoms with Crippen molar-refractivity contribution >= 4 is 0 Å². The highest BCUT2D eigenvalue weighted by molar-refractivity contribution is 4.80. The monoisotopic (exact) mass is 149 g/mol. The maximum absolute atomic E-state index is 13.3. The molecule has 0 aromatic rings. The van der Waals surface area contributed by atoms with Crippen LogP contribution in [0.2, 0.25) is 0 Å². The van der Waals surface area contributed by atoms with Gasteiger partial charge in [-0.25, -0.2) is 10.3 Å². The molecule has 0 atom stereocenters. The molecule has 2 N–H and O–H groups in total. The molecular weight excluding hydrogens is 137 g/mol. The molecule has 1 aliphatic heterocycles. The lowest BCUT2D eigenvalue weighted by Gasteiger charge is -2.27. The Morgan fingerprint density at radius 1 is 1.50 bits per heavy atom. The van der Waals surface area contributed by atoms with Crippen LogP contribution in [0.15, 0.2) is 0 Å². The van der Waals surface area contributed by atoms with Gasteiger partial charge in [0.15, 0.2) is 0 Å². The topological polar surface area (TPSA) is 44.5 Å². The molecular formula is C6H12FNO2. The molecule has 1 aliphatic rings. The summed E-state index contributed by atoms with van der Waals surface area (Å²) in [5.74, 6) is 4.76. The average molecular weight is 149 g/mol. The SMILES string of the molecule is NOCC1(F)CCOCC1. The van der Waals surface area contributed by atoms with Crippen molar-refractivity contribution in [1.29, 1.82) is 0 Å². The molecule has 0 spiro atoms. The molecule has 4 heteroatoms. The van der Waals surface area contributed by atoms with Crippen LogP contribution in [0, 0.1) is 0 Å². The van der Waals surface area contributed by atoms with Crippen molar-refractivity contribution in [3.63, 3.8) is 0 Å². The maximum atomic E-state index is 13.3. The number of nitrogens with two attached hydrogens (primary N) is 1. The van der Waals surface area contributed by atoms with Crippen LogP contribution in [0.3, 0.4) is 0 Å². The fourth-order valence-electron chi connectivity index (χ4n) is 1.03. The predicted octanol–water partition coefficient (Wildman–Crippen LogP) is 0.395. The molecule has 10 heavy (non-hydrogen) atoms. The Morgan fingerprint density at radius 2 is 2.10 bits per heavy atom. The number of rotatable bonds is 2. The van der Waals surface area contributed by atoms with Crippen molar-refractivity contribution in [1.82, 2.24) is 0 Å². The number of hydrogen-bond donors (Lipinski definition) is 1. The van der Waals surface area contributed by atoms with Gasteiger partial charge < -0.3 is 9.57 Å². The minimum absolute atomic E-state index is 0.0175. The van der Waals surface area contributed by atoms with Gasteiger partial charge in [0.25, 0.3) is 0 Å². The molecule has 0 aromatic heterocycles. The quantitative estimate of drug-likeness (QED) is 0.578. The summed E-state index contributed by atoms with van der Waals surface area (Å²) in [4.78, 5) is 4.25. The van der Waals surface area contributed by atoms with Crippen LogP contribution in [0.4, 0.5) is 4.39 Å². The summed E-state index contributed by atoms with van der Waals surface area (Å²) >= 11 is 0. The van der Waals surface area contributed by atoms with E-state index in [1.54, 1.807) is 0 Å². The zero-order valence-corrected chi connectivity index (χ0v) is 5.81. The predicted molar refractivity (Wildman–Crippen MR) is 34.0 cm³/mol. The molecule has 0 aliphatic carbocycles. The summed E-state index contributed by atoms with van der Waals surface area (Å²) in [5, 5.41) is 0. The number of halogens is 1. The van der Waals surface area contributed by atoms with Crippen LogP contribution < -0.4 is 5.90 Å². The molecule has 0 aromatic carbocycles. The third-order valence-electron chi connectivity index (χ3n) is 1.73. The standard InChI is InChI=1S/C6H12FNO2/c7-6(5-10-8)1-3-9-4-2-6/h1-5,8H2. The Labute approximate surface area is 59.2 Å². The highest BCUT2D eigenvalue weighted by Gasteiger charge is 2.32. The Hall–Kier alpha value is -0.190. The first-order chi connectivity index (χ1) is 4.77. The second-order valence-corrected chi connectivity index (χ2v) is 2.57. The van der Waals surface area contributed by atoms with E-state index in [4.69, 9.17) is 10.6 Å². The zero-order valence-electron chi connectivity index (χ0n) is 5.81. The number of alkyl halides is 1. The zero-order chi connectivity index (χ0) is 7.45. The average Bonchev–Trinajstić information content (AvgIpc) is 1.89. The van der Waals surface area contributed by atoms with E-state index in [1.165, 1.54) is 0 Å². The lowest BCUT2D eigenvalue weighted by molar-refractivity contribution is -0.0594. The second-order valence-electron chi connectivity index (χ2n) is 2.57. The first-order valence-electron chi connectivity index (χ1n) is 3.35. The van der Waals surface area contributed by atoms with Crippen molar-refractivity contribution in [2.24, 2.45) is 5.90 Å². The smallest absolute Gasteiger partial charge is 0.140 e. The number of hydrogen-bond acceptors (Lipinski definition) is 3. The fraction of sp³-hybridized carbons (Fsp3) is 1.00. The molecule has 1 saturated heterocycles. The van der Waals surface area contributed by atoms with Gasteiger partial charge in [-0.15, -0.1) is 0 Å². The highest BCUT2D eigenvalue weighted by atomic mass is 19.1. The van der Waals surface area contributed by atoms with Gasteiger partial charge in [0.05, 0.1) is 0 Å². The van der Waals surface area contributed by atoms with Crippen molar-refractivity contribution in [3.05, 3.63) is 0 Å². The van der Waals surface area contributed by atoms with Gasteiger partial charge in [-0.1, -0.05) is 0 Å². The fourth-order valence-corrected chi connectivity index (χ4v) is 1.03. The van der Waals surface area contributed by atoms with Gasteiger partial charge in [0.2, 0.25) is 0 Å². The van der Waals surface area contributed by atoms with Crippen molar-refractivity contribution in [3.8, 4) is 0 Å². The normalized spacial score (nSPS) is 24.6. The Balaban J connectivity index is 2.32. The molecule has 0 radical (unpaired) electrons. The van der Waals surface area contributed by atoms with Crippen LogP contribution in [-0.2, 0) is 9.57 Å². The van der Waals surface area contributed by atoms with Gasteiger partial charge in [-0.05, 0) is 0 Å². The Kier molecular flexibility index (Phi) is 2.59. The lowest BCUT2D eigenvalue weighted by atomic mass is 9.98. The van der Waals surface area contributed by atoms with Gasteiger partial charge >= 0.3 is 0 Å². The summed E-state index contributed by atoms with van der Waals surface area (Å²) < 4.78 is 18.3. The molecule has 0 unspecified atom stereocenters. The highest BCUT2D eigenvalue weighted by Crippen LogP contribution is 2.24.